The zero-order chi connectivity index (χ0) is 11.3. The molecule has 0 saturated heterocycles. The molecular formula is C12H18N2O. The zero-order valence-electron chi connectivity index (χ0n) is 9.34. The molecule has 0 spiro atoms. The summed E-state index contributed by atoms with van der Waals surface area (Å²) in [6.45, 7) is 6.47. The maximum absolute atomic E-state index is 5.52. The van der Waals surface area contributed by atoms with Crippen molar-refractivity contribution in [1.29, 1.82) is 0 Å². The van der Waals surface area contributed by atoms with Gasteiger partial charge >= 0.3 is 0 Å². The largest absolute Gasteiger partial charge is 0.497 e. The lowest BCUT2D eigenvalue weighted by Crippen LogP contribution is -2.02. The molecule has 1 aromatic rings. The summed E-state index contributed by atoms with van der Waals surface area (Å²) in [4.78, 5) is 3.20. The van der Waals surface area contributed by atoms with Crippen LogP contribution in [-0.4, -0.2) is 18.6 Å². The Balaban J connectivity index is 2.78. The molecule has 3 nitrogen and oxygen atoms in total. The van der Waals surface area contributed by atoms with Gasteiger partial charge in [-0.05, 0) is 43.2 Å². The molecule has 0 aromatic carbocycles. The fourth-order valence-electron chi connectivity index (χ4n) is 1.39. The first kappa shape index (κ1) is 11.6. The van der Waals surface area contributed by atoms with Gasteiger partial charge in [0.2, 0.25) is 0 Å². The summed E-state index contributed by atoms with van der Waals surface area (Å²) in [5, 5.41) is 0. The number of hydrogen-bond acceptors (Lipinski definition) is 2. The second kappa shape index (κ2) is 5.41. The predicted molar refractivity (Wildman–Crippen MR) is 63.5 cm³/mol. The van der Waals surface area contributed by atoms with E-state index in [2.05, 4.69) is 18.5 Å². The molecular weight excluding hydrogens is 188 g/mol. The number of H-pyrrole nitrogens is 1. The van der Waals surface area contributed by atoms with Crippen LogP contribution in [0.2, 0.25) is 0 Å². The van der Waals surface area contributed by atoms with Crippen molar-refractivity contribution < 1.29 is 4.74 Å². The summed E-state index contributed by atoms with van der Waals surface area (Å²) >= 11 is 0. The van der Waals surface area contributed by atoms with Crippen molar-refractivity contribution in [2.75, 3.05) is 13.7 Å². The quantitative estimate of drug-likeness (QED) is 0.572. The minimum absolute atomic E-state index is 0.643. The van der Waals surface area contributed by atoms with Crippen molar-refractivity contribution in [3.63, 3.8) is 0 Å². The van der Waals surface area contributed by atoms with Crippen molar-refractivity contribution in [3.05, 3.63) is 41.4 Å². The Morgan fingerprint density at radius 1 is 1.67 bits per heavy atom. The molecule has 0 aliphatic rings. The van der Waals surface area contributed by atoms with Crippen LogP contribution in [0.3, 0.4) is 0 Å². The fourth-order valence-corrected chi connectivity index (χ4v) is 1.39. The Morgan fingerprint density at radius 2 is 2.40 bits per heavy atom. The molecule has 3 heteroatoms. The third-order valence-electron chi connectivity index (χ3n) is 2.40. The highest BCUT2D eigenvalue weighted by atomic mass is 16.5. The van der Waals surface area contributed by atoms with Gasteiger partial charge < -0.3 is 15.5 Å². The fraction of sp³-hybridized carbons (Fsp3) is 0.333. The van der Waals surface area contributed by atoms with E-state index in [-0.39, 0.29) is 0 Å². The predicted octanol–water partition coefficient (Wildman–Crippen LogP) is 2.00. The van der Waals surface area contributed by atoms with Crippen LogP contribution < -0.4 is 5.73 Å². The van der Waals surface area contributed by atoms with Gasteiger partial charge in [0.1, 0.15) is 5.76 Å². The van der Waals surface area contributed by atoms with E-state index in [1.54, 1.807) is 7.11 Å². The lowest BCUT2D eigenvalue weighted by molar-refractivity contribution is 0.309. The van der Waals surface area contributed by atoms with Gasteiger partial charge in [0.05, 0.1) is 7.11 Å². The van der Waals surface area contributed by atoms with Crippen LogP contribution in [0.15, 0.2) is 24.6 Å². The lowest BCUT2D eigenvalue weighted by atomic mass is 10.1. The van der Waals surface area contributed by atoms with E-state index in [0.717, 1.165) is 12.1 Å². The molecule has 1 aromatic heterocycles. The first-order valence-electron chi connectivity index (χ1n) is 4.97. The van der Waals surface area contributed by atoms with Gasteiger partial charge in [-0.2, -0.15) is 0 Å². The molecule has 0 radical (unpaired) electrons. The van der Waals surface area contributed by atoms with Gasteiger partial charge in [0.25, 0.3) is 0 Å². The SMILES string of the molecule is C=C(C=Cc1[nH]cc(CCN)c1C)OC. The average molecular weight is 206 g/mol. The van der Waals surface area contributed by atoms with E-state index in [9.17, 15) is 0 Å². The van der Waals surface area contributed by atoms with E-state index in [0.29, 0.717) is 12.3 Å². The third-order valence-corrected chi connectivity index (χ3v) is 2.40. The second-order valence-electron chi connectivity index (χ2n) is 3.40. The van der Waals surface area contributed by atoms with Gasteiger partial charge in [0.15, 0.2) is 0 Å². The van der Waals surface area contributed by atoms with E-state index in [1.807, 2.05) is 18.3 Å². The molecule has 0 aliphatic heterocycles. The average Bonchev–Trinajstić information content (AvgIpc) is 2.58. The van der Waals surface area contributed by atoms with Crippen LogP contribution in [0, 0.1) is 6.92 Å². The van der Waals surface area contributed by atoms with Gasteiger partial charge in [-0.3, -0.25) is 0 Å². The summed E-state index contributed by atoms with van der Waals surface area (Å²) in [7, 11) is 1.61. The van der Waals surface area contributed by atoms with Gasteiger partial charge in [-0.1, -0.05) is 6.58 Å². The molecule has 15 heavy (non-hydrogen) atoms. The Bertz CT molecular complexity index is 364. The van der Waals surface area contributed by atoms with Crippen LogP contribution in [0.4, 0.5) is 0 Å². The molecule has 3 N–H and O–H groups in total. The topological polar surface area (TPSA) is 51.0 Å². The van der Waals surface area contributed by atoms with Crippen molar-refractivity contribution in [1.82, 2.24) is 4.98 Å². The molecule has 0 bridgehead atoms. The zero-order valence-corrected chi connectivity index (χ0v) is 9.34. The lowest BCUT2D eigenvalue weighted by Gasteiger charge is -1.98. The van der Waals surface area contributed by atoms with Gasteiger partial charge in [-0.25, -0.2) is 0 Å². The number of methoxy groups -OCH3 is 1. The normalized spacial score (nSPS) is 10.9. The van der Waals surface area contributed by atoms with Crippen LogP contribution in [0.25, 0.3) is 6.08 Å². The Kier molecular flexibility index (Phi) is 4.18. The number of aromatic nitrogens is 1. The molecule has 0 saturated carbocycles. The number of aromatic amines is 1. The van der Waals surface area contributed by atoms with Crippen molar-refractivity contribution in [3.8, 4) is 0 Å². The summed E-state index contributed by atoms with van der Waals surface area (Å²) in [6, 6.07) is 0. The van der Waals surface area contributed by atoms with Gasteiger partial charge in [0, 0.05) is 11.9 Å². The monoisotopic (exact) mass is 206 g/mol. The first-order chi connectivity index (χ1) is 7.19. The van der Waals surface area contributed by atoms with Crippen LogP contribution >= 0.6 is 0 Å². The number of ether oxygens (including phenoxy) is 1. The summed E-state index contributed by atoms with van der Waals surface area (Å²) in [6.07, 6.45) is 6.70. The molecule has 0 unspecified atom stereocenters. The van der Waals surface area contributed by atoms with Crippen molar-refractivity contribution in [2.45, 2.75) is 13.3 Å². The molecule has 0 atom stereocenters. The number of hydrogen-bond donors (Lipinski definition) is 2. The number of allylic oxidation sites excluding steroid dienone is 1. The highest BCUT2D eigenvalue weighted by Gasteiger charge is 2.03. The minimum atomic E-state index is 0.643. The maximum atomic E-state index is 5.52. The molecule has 1 rings (SSSR count). The van der Waals surface area contributed by atoms with Crippen molar-refractivity contribution >= 4 is 6.08 Å². The molecule has 0 amide bonds. The Labute approximate surface area is 90.6 Å². The van der Waals surface area contributed by atoms with E-state index in [1.165, 1.54) is 11.1 Å². The minimum Gasteiger partial charge on any atom is -0.497 e. The van der Waals surface area contributed by atoms with E-state index in [4.69, 9.17) is 10.5 Å². The number of rotatable bonds is 5. The Morgan fingerprint density at radius 3 is 3.00 bits per heavy atom. The molecule has 0 aliphatic carbocycles. The third kappa shape index (κ3) is 2.99. The summed E-state index contributed by atoms with van der Waals surface area (Å²) in [5.74, 6) is 0.643. The molecule has 82 valence electrons. The van der Waals surface area contributed by atoms with E-state index < -0.39 is 0 Å². The van der Waals surface area contributed by atoms with Crippen molar-refractivity contribution in [2.24, 2.45) is 5.73 Å². The first-order valence-corrected chi connectivity index (χ1v) is 4.97. The van der Waals surface area contributed by atoms with Crippen LogP contribution in [0.1, 0.15) is 16.8 Å². The van der Waals surface area contributed by atoms with Crippen LogP contribution in [-0.2, 0) is 11.2 Å². The standard InChI is InChI=1S/C12H18N2O/c1-9(15-3)4-5-12-10(2)11(6-7-13)8-14-12/h4-5,8,14H,1,6-7,13H2,2-3H3. The Hall–Kier alpha value is -1.48. The summed E-state index contributed by atoms with van der Waals surface area (Å²) < 4.78 is 4.95. The summed E-state index contributed by atoms with van der Waals surface area (Å²) in [5.41, 5.74) is 9.10. The second-order valence-corrected chi connectivity index (χ2v) is 3.40. The highest BCUT2D eigenvalue weighted by molar-refractivity contribution is 5.54. The van der Waals surface area contributed by atoms with Gasteiger partial charge in [-0.15, -0.1) is 0 Å². The smallest absolute Gasteiger partial charge is 0.111 e. The number of nitrogens with two attached hydrogens (primary N) is 1. The highest BCUT2D eigenvalue weighted by Crippen LogP contribution is 2.15. The molecule has 1 heterocycles. The van der Waals surface area contributed by atoms with Crippen LogP contribution in [0.5, 0.6) is 0 Å². The maximum Gasteiger partial charge on any atom is 0.111 e. The van der Waals surface area contributed by atoms with E-state index >= 15 is 0 Å². The number of nitrogens with one attached hydrogen (secondary N) is 1. The molecule has 0 fully saturated rings.